The van der Waals surface area contributed by atoms with E-state index >= 15 is 0 Å². The van der Waals surface area contributed by atoms with Gasteiger partial charge in [-0.1, -0.05) is 65.5 Å². The first kappa shape index (κ1) is 35.7. The molecule has 0 unspecified atom stereocenters. The van der Waals surface area contributed by atoms with Crippen LogP contribution >= 0.6 is 11.3 Å². The number of para-hydroxylation sites is 1. The van der Waals surface area contributed by atoms with Crippen molar-refractivity contribution in [2.24, 2.45) is 11.8 Å². The summed E-state index contributed by atoms with van der Waals surface area (Å²) in [4.78, 5) is 27.6. The molecule has 264 valence electrons. The summed E-state index contributed by atoms with van der Waals surface area (Å²) >= 11 is 0.939. The van der Waals surface area contributed by atoms with Crippen molar-refractivity contribution in [1.29, 1.82) is 0 Å². The number of benzene rings is 4. The van der Waals surface area contributed by atoms with Crippen molar-refractivity contribution in [1.82, 2.24) is 4.57 Å². The summed E-state index contributed by atoms with van der Waals surface area (Å²) in [6.07, 6.45) is 3.54. The number of hydrogen-bond acceptors (Lipinski definition) is 9. The molecule has 6 aromatic rings. The number of nitrogens with zero attached hydrogens (tertiary/aromatic N) is 1. The lowest BCUT2D eigenvalue weighted by Crippen LogP contribution is -2.33. The van der Waals surface area contributed by atoms with Crippen molar-refractivity contribution in [3.05, 3.63) is 75.3 Å². The number of fused-ring (bicyclic) bond motifs is 2. The number of hydrogen-bond donors (Lipinski definition) is 2. The zero-order chi connectivity index (χ0) is 36.1. The largest absolute Gasteiger partial charge is 0.491 e. The molecule has 0 aliphatic carbocycles. The van der Waals surface area contributed by atoms with Gasteiger partial charge in [0, 0.05) is 31.6 Å². The van der Waals surface area contributed by atoms with Gasteiger partial charge >= 0.3 is 0 Å². The van der Waals surface area contributed by atoms with Crippen LogP contribution in [0.5, 0.6) is 11.5 Å². The quantitative estimate of drug-likeness (QED) is 0.0691. The number of rotatable bonds is 13. The van der Waals surface area contributed by atoms with E-state index in [9.17, 15) is 35.5 Å². The summed E-state index contributed by atoms with van der Waals surface area (Å²) in [6.45, 7) is 9.04. The molecule has 4 aromatic carbocycles. The van der Waals surface area contributed by atoms with E-state index in [2.05, 4.69) is 27.7 Å². The van der Waals surface area contributed by atoms with Gasteiger partial charge < -0.3 is 9.47 Å². The molecule has 2 aromatic heterocycles. The van der Waals surface area contributed by atoms with E-state index < -0.39 is 41.1 Å². The van der Waals surface area contributed by atoms with Gasteiger partial charge in [-0.05, 0) is 59.7 Å². The van der Waals surface area contributed by atoms with E-state index in [0.29, 0.717) is 51.6 Å². The maximum absolute atomic E-state index is 14.5. The molecule has 0 fully saturated rings. The molecule has 0 saturated carbocycles. The Kier molecular flexibility index (Phi) is 9.70. The molecule has 14 heteroatoms. The first-order chi connectivity index (χ1) is 23.7. The minimum Gasteiger partial charge on any atom is -0.491 e. The van der Waals surface area contributed by atoms with E-state index in [0.717, 1.165) is 47.7 Å². The first-order valence-electron chi connectivity index (χ1n) is 16.4. The highest BCUT2D eigenvalue weighted by Gasteiger charge is 2.27. The molecule has 0 spiro atoms. The molecule has 11 nitrogen and oxygen atoms in total. The highest BCUT2D eigenvalue weighted by molar-refractivity contribution is 7.87. The Hall–Kier alpha value is -4.08. The summed E-state index contributed by atoms with van der Waals surface area (Å²) in [5.74, 6) is 1.17. The fourth-order valence-electron chi connectivity index (χ4n) is 6.42. The van der Waals surface area contributed by atoms with E-state index in [4.69, 9.17) is 9.47 Å². The molecule has 6 rings (SSSR count). The van der Waals surface area contributed by atoms with Gasteiger partial charge in [-0.15, -0.1) is 11.3 Å². The molecule has 50 heavy (non-hydrogen) atoms. The zero-order valence-electron chi connectivity index (χ0n) is 27.9. The average molecular weight is 740 g/mol. The minimum atomic E-state index is -4.93. The number of ether oxygens (including phenoxy) is 2. The Morgan fingerprint density at radius 1 is 0.680 bits per heavy atom. The Morgan fingerprint density at radius 3 is 1.70 bits per heavy atom. The molecule has 2 heterocycles. The van der Waals surface area contributed by atoms with Crippen molar-refractivity contribution in [2.75, 3.05) is 13.2 Å². The summed E-state index contributed by atoms with van der Waals surface area (Å²) in [5.41, 5.74) is -1.05. The molecular formula is C36H37NO10S3. The summed E-state index contributed by atoms with van der Waals surface area (Å²) in [7, 11) is -9.83. The van der Waals surface area contributed by atoms with Crippen LogP contribution in [0, 0.1) is 11.8 Å². The predicted octanol–water partition coefficient (Wildman–Crippen LogP) is 7.43. The van der Waals surface area contributed by atoms with E-state index in [1.807, 2.05) is 0 Å². The average Bonchev–Trinajstić information content (AvgIpc) is 3.08. The molecule has 2 N–H and O–H groups in total. The summed E-state index contributed by atoms with van der Waals surface area (Å²) in [5, 5.41) is 1.52. The fourth-order valence-corrected chi connectivity index (χ4v) is 9.20. The van der Waals surface area contributed by atoms with Gasteiger partial charge in [0.1, 0.15) is 22.1 Å². The van der Waals surface area contributed by atoms with Crippen molar-refractivity contribution >= 4 is 73.3 Å². The van der Waals surface area contributed by atoms with Crippen LogP contribution in [-0.4, -0.2) is 43.7 Å². The standard InChI is InChI=1S/C36H37NO10S3/c1-5-20(6-2)18-46-27-10-9-11-28(47-19-21(7-3)8-4)33(27)37-35(38)24-13-12-23-26-16-22(49(40,41)42)17-30(50(43,44)45)34(26)48-29-15-14-25(36(37)39)31(24)32(23)29/h9-17,20-21H,5-8,18-19H2,1-4H3,(H,40,41,42)(H,43,44,45). The van der Waals surface area contributed by atoms with Crippen LogP contribution < -0.4 is 20.6 Å². The van der Waals surface area contributed by atoms with Crippen molar-refractivity contribution < 1.29 is 35.4 Å². The highest BCUT2D eigenvalue weighted by atomic mass is 32.2. The van der Waals surface area contributed by atoms with Crippen LogP contribution in [0.1, 0.15) is 53.4 Å². The van der Waals surface area contributed by atoms with Crippen LogP contribution in [0.15, 0.2) is 74.0 Å². The molecule has 0 aliphatic rings. The zero-order valence-corrected chi connectivity index (χ0v) is 30.4. The molecule has 0 aliphatic heterocycles. The summed E-state index contributed by atoms with van der Waals surface area (Å²) < 4.78 is 83.2. The monoisotopic (exact) mass is 739 g/mol. The maximum atomic E-state index is 14.5. The van der Waals surface area contributed by atoms with Gasteiger partial charge in [0.2, 0.25) is 0 Å². The third-order valence-electron chi connectivity index (χ3n) is 9.54. The van der Waals surface area contributed by atoms with Gasteiger partial charge in [0.25, 0.3) is 31.4 Å². The Labute approximate surface area is 292 Å². The second kappa shape index (κ2) is 13.6. The van der Waals surface area contributed by atoms with Crippen molar-refractivity contribution in [3.63, 3.8) is 0 Å². The van der Waals surface area contributed by atoms with E-state index in [1.165, 1.54) is 12.1 Å². The van der Waals surface area contributed by atoms with Crippen molar-refractivity contribution in [3.8, 4) is 17.2 Å². The third kappa shape index (κ3) is 6.23. The van der Waals surface area contributed by atoms with Gasteiger partial charge in [-0.25, -0.2) is 4.57 Å². The molecule has 0 saturated heterocycles. The van der Waals surface area contributed by atoms with E-state index in [1.54, 1.807) is 30.3 Å². The summed E-state index contributed by atoms with van der Waals surface area (Å²) in [6, 6.07) is 13.2. The third-order valence-corrected chi connectivity index (χ3v) is 12.6. The lowest BCUT2D eigenvalue weighted by molar-refractivity contribution is 0.228. The first-order valence-corrected chi connectivity index (χ1v) is 20.1. The predicted molar refractivity (Wildman–Crippen MR) is 196 cm³/mol. The molecular weight excluding hydrogens is 703 g/mol. The van der Waals surface area contributed by atoms with Gasteiger partial charge in [0.05, 0.1) is 22.8 Å². The smallest absolute Gasteiger partial charge is 0.295 e. The fraction of sp³-hybridized carbons (Fsp3) is 0.333. The van der Waals surface area contributed by atoms with Crippen LogP contribution in [0.4, 0.5) is 0 Å². The minimum absolute atomic E-state index is 0.0355. The molecule has 0 bridgehead atoms. The Morgan fingerprint density at radius 2 is 1.20 bits per heavy atom. The van der Waals surface area contributed by atoms with Crippen LogP contribution in [0.25, 0.3) is 47.4 Å². The lowest BCUT2D eigenvalue weighted by Gasteiger charge is -2.21. The topological polar surface area (TPSA) is 166 Å². The van der Waals surface area contributed by atoms with Gasteiger partial charge in [-0.2, -0.15) is 16.8 Å². The Bertz CT molecular complexity index is 2540. The van der Waals surface area contributed by atoms with Crippen molar-refractivity contribution in [2.45, 2.75) is 63.2 Å². The molecule has 0 radical (unpaired) electrons. The highest BCUT2D eigenvalue weighted by Crippen LogP contribution is 2.43. The molecule has 0 atom stereocenters. The second-order valence-corrected chi connectivity index (χ2v) is 16.3. The number of aromatic nitrogens is 1. The van der Waals surface area contributed by atoms with Gasteiger partial charge in [-0.3, -0.25) is 18.7 Å². The van der Waals surface area contributed by atoms with Gasteiger partial charge in [0.15, 0.2) is 0 Å². The lowest BCUT2D eigenvalue weighted by atomic mass is 9.97. The second-order valence-electron chi connectivity index (χ2n) is 12.4. The van der Waals surface area contributed by atoms with Crippen LogP contribution in [-0.2, 0) is 20.2 Å². The SMILES string of the molecule is CCC(CC)COc1cccc(OCC(CC)CC)c1-n1c(=O)c2ccc3sc4c(S(=O)(=O)O)cc(S(=O)(=O)O)cc4c4ccc(c1=O)c2c34. The van der Waals surface area contributed by atoms with Crippen LogP contribution in [0.3, 0.4) is 0 Å². The normalized spacial score (nSPS) is 12.7. The maximum Gasteiger partial charge on any atom is 0.295 e. The van der Waals surface area contributed by atoms with Crippen LogP contribution in [0.2, 0.25) is 0 Å². The van der Waals surface area contributed by atoms with E-state index in [-0.39, 0.29) is 38.4 Å². The molecule has 0 amide bonds. The number of pyridine rings is 1. The Balaban J connectivity index is 1.68.